The SMILES string of the molecule is CCCCC(CC)CCC1COC1. The van der Waals surface area contributed by atoms with Crippen LogP contribution in [-0.4, -0.2) is 13.2 Å². The molecule has 1 heteroatoms. The molecule has 0 saturated carbocycles. The van der Waals surface area contributed by atoms with Gasteiger partial charge in [0.25, 0.3) is 0 Å². The minimum atomic E-state index is 0.899. The average molecular weight is 184 g/mol. The van der Waals surface area contributed by atoms with Crippen molar-refractivity contribution >= 4 is 0 Å². The normalized spacial score (nSPS) is 19.8. The van der Waals surface area contributed by atoms with Gasteiger partial charge < -0.3 is 4.74 Å². The lowest BCUT2D eigenvalue weighted by Gasteiger charge is -2.27. The summed E-state index contributed by atoms with van der Waals surface area (Å²) < 4.78 is 5.18. The Morgan fingerprint density at radius 3 is 2.46 bits per heavy atom. The molecule has 0 N–H and O–H groups in total. The van der Waals surface area contributed by atoms with Gasteiger partial charge in [-0.3, -0.25) is 0 Å². The van der Waals surface area contributed by atoms with Crippen LogP contribution in [0.4, 0.5) is 0 Å². The van der Waals surface area contributed by atoms with Crippen molar-refractivity contribution in [1.29, 1.82) is 0 Å². The number of rotatable bonds is 7. The zero-order valence-electron chi connectivity index (χ0n) is 9.22. The molecular weight excluding hydrogens is 160 g/mol. The van der Waals surface area contributed by atoms with Crippen molar-refractivity contribution in [2.75, 3.05) is 13.2 Å². The van der Waals surface area contributed by atoms with Gasteiger partial charge in [0.05, 0.1) is 13.2 Å². The Balaban J connectivity index is 2.00. The van der Waals surface area contributed by atoms with E-state index in [-0.39, 0.29) is 0 Å². The van der Waals surface area contributed by atoms with Crippen LogP contribution in [0, 0.1) is 11.8 Å². The van der Waals surface area contributed by atoms with Crippen LogP contribution in [-0.2, 0) is 4.74 Å². The van der Waals surface area contributed by atoms with E-state index in [9.17, 15) is 0 Å². The van der Waals surface area contributed by atoms with E-state index in [2.05, 4.69) is 13.8 Å². The Morgan fingerprint density at radius 1 is 1.23 bits per heavy atom. The van der Waals surface area contributed by atoms with Gasteiger partial charge in [-0.2, -0.15) is 0 Å². The van der Waals surface area contributed by atoms with Gasteiger partial charge in [-0.1, -0.05) is 46.0 Å². The van der Waals surface area contributed by atoms with Crippen molar-refractivity contribution in [1.82, 2.24) is 0 Å². The van der Waals surface area contributed by atoms with Crippen molar-refractivity contribution in [3.8, 4) is 0 Å². The first-order valence-corrected chi connectivity index (χ1v) is 5.94. The van der Waals surface area contributed by atoms with Crippen LogP contribution in [0.25, 0.3) is 0 Å². The number of hydrogen-bond acceptors (Lipinski definition) is 1. The van der Waals surface area contributed by atoms with E-state index in [1.54, 1.807) is 0 Å². The van der Waals surface area contributed by atoms with Crippen molar-refractivity contribution in [2.24, 2.45) is 11.8 Å². The molecule has 1 aliphatic rings. The average Bonchev–Trinajstić information content (AvgIpc) is 2.08. The van der Waals surface area contributed by atoms with Gasteiger partial charge in [0, 0.05) is 5.92 Å². The van der Waals surface area contributed by atoms with E-state index < -0.39 is 0 Å². The van der Waals surface area contributed by atoms with E-state index in [1.807, 2.05) is 0 Å². The predicted molar refractivity (Wildman–Crippen MR) is 56.8 cm³/mol. The van der Waals surface area contributed by atoms with Crippen LogP contribution in [0.5, 0.6) is 0 Å². The minimum Gasteiger partial charge on any atom is -0.381 e. The third kappa shape index (κ3) is 4.12. The minimum absolute atomic E-state index is 0.899. The third-order valence-corrected chi connectivity index (χ3v) is 3.23. The summed E-state index contributed by atoms with van der Waals surface area (Å²) in [6.07, 6.45) is 8.42. The second kappa shape index (κ2) is 6.42. The van der Waals surface area contributed by atoms with Crippen molar-refractivity contribution < 1.29 is 4.74 Å². The molecule has 0 aliphatic carbocycles. The lowest BCUT2D eigenvalue weighted by atomic mass is 9.90. The number of hydrogen-bond donors (Lipinski definition) is 0. The Labute approximate surface area is 82.9 Å². The summed E-state index contributed by atoms with van der Waals surface area (Å²) in [6.45, 7) is 6.68. The van der Waals surface area contributed by atoms with Gasteiger partial charge in [0.15, 0.2) is 0 Å². The molecule has 0 aromatic rings. The zero-order chi connectivity index (χ0) is 9.52. The summed E-state index contributed by atoms with van der Waals surface area (Å²) in [6, 6.07) is 0. The monoisotopic (exact) mass is 184 g/mol. The van der Waals surface area contributed by atoms with Crippen LogP contribution in [0.3, 0.4) is 0 Å². The van der Waals surface area contributed by atoms with Crippen LogP contribution in [0.2, 0.25) is 0 Å². The van der Waals surface area contributed by atoms with E-state index in [4.69, 9.17) is 4.74 Å². The van der Waals surface area contributed by atoms with Crippen LogP contribution >= 0.6 is 0 Å². The molecule has 1 nitrogen and oxygen atoms in total. The fourth-order valence-electron chi connectivity index (χ4n) is 1.97. The maximum Gasteiger partial charge on any atom is 0.0516 e. The van der Waals surface area contributed by atoms with E-state index in [1.165, 1.54) is 38.5 Å². The molecule has 78 valence electrons. The largest absolute Gasteiger partial charge is 0.381 e. The van der Waals surface area contributed by atoms with Crippen molar-refractivity contribution in [2.45, 2.75) is 52.4 Å². The van der Waals surface area contributed by atoms with Crippen LogP contribution in [0.1, 0.15) is 52.4 Å². The number of ether oxygens (including phenoxy) is 1. The third-order valence-electron chi connectivity index (χ3n) is 3.23. The maximum absolute atomic E-state index is 5.18. The van der Waals surface area contributed by atoms with Gasteiger partial charge in [-0.05, 0) is 12.3 Å². The fraction of sp³-hybridized carbons (Fsp3) is 1.00. The molecule has 0 radical (unpaired) electrons. The molecule has 0 aromatic heterocycles. The summed E-state index contributed by atoms with van der Waals surface area (Å²) >= 11 is 0. The highest BCUT2D eigenvalue weighted by Crippen LogP contribution is 2.24. The second-order valence-corrected chi connectivity index (χ2v) is 4.40. The first-order chi connectivity index (χ1) is 6.36. The predicted octanol–water partition coefficient (Wildman–Crippen LogP) is 3.63. The van der Waals surface area contributed by atoms with Gasteiger partial charge in [-0.15, -0.1) is 0 Å². The highest BCUT2D eigenvalue weighted by molar-refractivity contribution is 4.68. The highest BCUT2D eigenvalue weighted by Gasteiger charge is 2.19. The molecule has 1 heterocycles. The molecule has 1 rings (SSSR count). The number of unbranched alkanes of at least 4 members (excludes halogenated alkanes) is 1. The van der Waals surface area contributed by atoms with Gasteiger partial charge in [0.2, 0.25) is 0 Å². The van der Waals surface area contributed by atoms with E-state index >= 15 is 0 Å². The molecule has 1 aliphatic heterocycles. The van der Waals surface area contributed by atoms with Crippen LogP contribution < -0.4 is 0 Å². The molecule has 1 fully saturated rings. The Bertz CT molecular complexity index is 118. The molecule has 0 amide bonds. The molecule has 13 heavy (non-hydrogen) atoms. The first kappa shape index (κ1) is 11.0. The first-order valence-electron chi connectivity index (χ1n) is 5.94. The summed E-state index contributed by atoms with van der Waals surface area (Å²) in [4.78, 5) is 0. The second-order valence-electron chi connectivity index (χ2n) is 4.40. The lowest BCUT2D eigenvalue weighted by molar-refractivity contribution is -0.0381. The summed E-state index contributed by atoms with van der Waals surface area (Å²) in [5.74, 6) is 1.89. The Kier molecular flexibility index (Phi) is 5.45. The molecule has 0 aromatic carbocycles. The van der Waals surface area contributed by atoms with E-state index in [0.717, 1.165) is 25.0 Å². The summed E-state index contributed by atoms with van der Waals surface area (Å²) in [5, 5.41) is 0. The lowest BCUT2D eigenvalue weighted by Crippen LogP contribution is -2.27. The fourth-order valence-corrected chi connectivity index (χ4v) is 1.97. The van der Waals surface area contributed by atoms with Gasteiger partial charge in [-0.25, -0.2) is 0 Å². The molecule has 1 unspecified atom stereocenters. The Hall–Kier alpha value is -0.0400. The van der Waals surface area contributed by atoms with Crippen molar-refractivity contribution in [3.63, 3.8) is 0 Å². The summed E-state index contributed by atoms with van der Waals surface area (Å²) in [5.41, 5.74) is 0. The highest BCUT2D eigenvalue weighted by atomic mass is 16.5. The topological polar surface area (TPSA) is 9.23 Å². The molecule has 0 bridgehead atoms. The summed E-state index contributed by atoms with van der Waals surface area (Å²) in [7, 11) is 0. The quantitative estimate of drug-likeness (QED) is 0.587. The molecule has 1 saturated heterocycles. The van der Waals surface area contributed by atoms with Crippen molar-refractivity contribution in [3.05, 3.63) is 0 Å². The maximum atomic E-state index is 5.18. The smallest absolute Gasteiger partial charge is 0.0516 e. The van der Waals surface area contributed by atoms with E-state index in [0.29, 0.717) is 0 Å². The molecule has 0 spiro atoms. The zero-order valence-corrected chi connectivity index (χ0v) is 9.22. The standard InChI is InChI=1S/C12H24O/c1-3-5-6-11(4-2)7-8-12-9-13-10-12/h11-12H,3-10H2,1-2H3. The van der Waals surface area contributed by atoms with Gasteiger partial charge >= 0.3 is 0 Å². The van der Waals surface area contributed by atoms with Crippen LogP contribution in [0.15, 0.2) is 0 Å². The van der Waals surface area contributed by atoms with Gasteiger partial charge in [0.1, 0.15) is 0 Å². The Morgan fingerprint density at radius 2 is 2.00 bits per heavy atom. The molecule has 1 atom stereocenters. The molecular formula is C12H24O.